The molecule has 0 aromatic carbocycles. The van der Waals surface area contributed by atoms with Crippen LogP contribution in [0.4, 0.5) is 0 Å². The van der Waals surface area contributed by atoms with Gasteiger partial charge in [0.1, 0.15) is 0 Å². The number of carbonyl (C=O) groups is 2. The molecule has 5 heteroatoms. The van der Waals surface area contributed by atoms with Crippen molar-refractivity contribution in [2.75, 3.05) is 6.61 Å². The second-order valence-corrected chi connectivity index (χ2v) is 5.13. The topological polar surface area (TPSA) is 86.6 Å². The molecule has 0 aromatic rings. The Morgan fingerprint density at radius 2 is 1.94 bits per heavy atom. The summed E-state index contributed by atoms with van der Waals surface area (Å²) in [6.07, 6.45) is 5.26. The number of fused-ring (bicyclic) bond motifs is 2. The highest BCUT2D eigenvalue weighted by Gasteiger charge is 2.51. The van der Waals surface area contributed by atoms with E-state index in [1.54, 1.807) is 0 Å². The molecule has 1 amide bonds. The first kappa shape index (κ1) is 13.1. The molecule has 0 heterocycles. The van der Waals surface area contributed by atoms with Crippen LogP contribution in [0.5, 0.6) is 0 Å². The second kappa shape index (κ2) is 5.10. The summed E-state index contributed by atoms with van der Waals surface area (Å²) < 4.78 is 0. The number of nitrogens with one attached hydrogen (secondary N) is 1. The Bertz CT molecular complexity index is 375. The molecule has 18 heavy (non-hydrogen) atoms. The molecule has 0 aromatic heterocycles. The molecule has 0 aliphatic heterocycles. The molecule has 100 valence electrons. The van der Waals surface area contributed by atoms with Crippen molar-refractivity contribution >= 4 is 11.9 Å². The molecule has 0 radical (unpaired) electrons. The van der Waals surface area contributed by atoms with Crippen molar-refractivity contribution in [2.24, 2.45) is 23.7 Å². The van der Waals surface area contributed by atoms with Crippen molar-refractivity contribution in [1.82, 2.24) is 5.32 Å². The molecule has 5 atom stereocenters. The first-order valence-corrected chi connectivity index (χ1v) is 6.40. The van der Waals surface area contributed by atoms with Crippen molar-refractivity contribution in [3.8, 4) is 0 Å². The number of carboxylic acid groups (broad SMARTS) is 1. The molecule has 5 nitrogen and oxygen atoms in total. The molecule has 2 aliphatic rings. The number of carboxylic acids is 1. The largest absolute Gasteiger partial charge is 0.481 e. The van der Waals surface area contributed by atoms with E-state index in [0.29, 0.717) is 6.42 Å². The van der Waals surface area contributed by atoms with Crippen molar-refractivity contribution in [3.05, 3.63) is 12.2 Å². The summed E-state index contributed by atoms with van der Waals surface area (Å²) in [6, 6.07) is -0.282. The zero-order valence-corrected chi connectivity index (χ0v) is 10.4. The summed E-state index contributed by atoms with van der Waals surface area (Å²) in [7, 11) is 0. The molecule has 2 bridgehead atoms. The maximum atomic E-state index is 12.2. The fourth-order valence-electron chi connectivity index (χ4n) is 3.09. The van der Waals surface area contributed by atoms with Gasteiger partial charge in [0.15, 0.2) is 0 Å². The van der Waals surface area contributed by atoms with Crippen LogP contribution >= 0.6 is 0 Å². The predicted molar refractivity (Wildman–Crippen MR) is 64.7 cm³/mol. The van der Waals surface area contributed by atoms with Gasteiger partial charge in [0, 0.05) is 0 Å². The van der Waals surface area contributed by atoms with Crippen LogP contribution in [0.1, 0.15) is 19.8 Å². The van der Waals surface area contributed by atoms with Gasteiger partial charge in [-0.2, -0.15) is 0 Å². The molecule has 0 spiro atoms. The third-order valence-electron chi connectivity index (χ3n) is 4.11. The van der Waals surface area contributed by atoms with Crippen molar-refractivity contribution in [1.29, 1.82) is 0 Å². The van der Waals surface area contributed by atoms with Gasteiger partial charge in [-0.05, 0) is 24.7 Å². The molecular formula is C13H19NO4. The zero-order valence-electron chi connectivity index (χ0n) is 10.4. The summed E-state index contributed by atoms with van der Waals surface area (Å²) in [4.78, 5) is 23.4. The third-order valence-corrected chi connectivity index (χ3v) is 4.11. The minimum Gasteiger partial charge on any atom is -0.481 e. The fourth-order valence-corrected chi connectivity index (χ4v) is 3.09. The summed E-state index contributed by atoms with van der Waals surface area (Å²) in [5.74, 6) is -2.22. The molecular weight excluding hydrogens is 234 g/mol. The number of rotatable bonds is 5. The SMILES string of the molecule is CC[C@H](CO)NC(=O)[C@H]1C2C=CC(C2)[C@H]1C(=O)O. The quantitative estimate of drug-likeness (QED) is 0.619. The third kappa shape index (κ3) is 2.14. The lowest BCUT2D eigenvalue weighted by atomic mass is 9.82. The van der Waals surface area contributed by atoms with E-state index in [-0.39, 0.29) is 30.4 Å². The number of hydrogen-bond donors (Lipinski definition) is 3. The minimum absolute atomic E-state index is 0.0162. The van der Waals surface area contributed by atoms with Crippen LogP contribution in [0.15, 0.2) is 12.2 Å². The van der Waals surface area contributed by atoms with Crippen LogP contribution in [-0.4, -0.2) is 34.7 Å². The van der Waals surface area contributed by atoms with Crippen LogP contribution in [-0.2, 0) is 9.59 Å². The Hall–Kier alpha value is -1.36. The number of allylic oxidation sites excluding steroid dienone is 2. The van der Waals surface area contributed by atoms with Gasteiger partial charge < -0.3 is 15.5 Å². The monoisotopic (exact) mass is 253 g/mol. The normalized spacial score (nSPS) is 34.6. The van der Waals surface area contributed by atoms with Gasteiger partial charge in [-0.1, -0.05) is 19.1 Å². The van der Waals surface area contributed by atoms with E-state index in [4.69, 9.17) is 5.11 Å². The number of carbonyl (C=O) groups excluding carboxylic acids is 1. The lowest BCUT2D eigenvalue weighted by molar-refractivity contribution is -0.148. The lowest BCUT2D eigenvalue weighted by Crippen LogP contribution is -2.45. The Morgan fingerprint density at radius 1 is 1.33 bits per heavy atom. The Balaban J connectivity index is 2.09. The molecule has 1 saturated carbocycles. The highest BCUT2D eigenvalue weighted by Crippen LogP contribution is 2.48. The number of aliphatic hydroxyl groups excluding tert-OH is 1. The van der Waals surface area contributed by atoms with E-state index in [2.05, 4.69) is 5.32 Å². The summed E-state index contributed by atoms with van der Waals surface area (Å²) in [6.45, 7) is 1.76. The molecule has 0 saturated heterocycles. The van der Waals surface area contributed by atoms with Crippen LogP contribution in [0.2, 0.25) is 0 Å². The van der Waals surface area contributed by atoms with Gasteiger partial charge in [0.2, 0.25) is 5.91 Å². The van der Waals surface area contributed by atoms with E-state index < -0.39 is 17.8 Å². The highest BCUT2D eigenvalue weighted by molar-refractivity contribution is 5.87. The Kier molecular flexibility index (Phi) is 3.71. The van der Waals surface area contributed by atoms with Crippen LogP contribution in [0.3, 0.4) is 0 Å². The molecule has 3 N–H and O–H groups in total. The standard InChI is InChI=1S/C13H19NO4/c1-2-9(6-15)14-12(16)10-7-3-4-8(5-7)11(10)13(17)18/h3-4,7-11,15H,2,5-6H2,1H3,(H,14,16)(H,17,18)/t7?,8?,9-,10+,11-/m1/s1. The van der Waals surface area contributed by atoms with Gasteiger partial charge in [0.25, 0.3) is 0 Å². The van der Waals surface area contributed by atoms with Crippen LogP contribution in [0.25, 0.3) is 0 Å². The van der Waals surface area contributed by atoms with E-state index in [9.17, 15) is 14.7 Å². The van der Waals surface area contributed by atoms with E-state index >= 15 is 0 Å². The average Bonchev–Trinajstić information content (AvgIpc) is 2.95. The first-order chi connectivity index (χ1) is 8.58. The Morgan fingerprint density at radius 3 is 2.44 bits per heavy atom. The van der Waals surface area contributed by atoms with Crippen molar-refractivity contribution in [3.63, 3.8) is 0 Å². The predicted octanol–water partition coefficient (Wildman–Crippen LogP) is 0.396. The van der Waals surface area contributed by atoms with Crippen molar-refractivity contribution in [2.45, 2.75) is 25.8 Å². The van der Waals surface area contributed by atoms with Gasteiger partial charge in [-0.15, -0.1) is 0 Å². The average molecular weight is 253 g/mol. The summed E-state index contributed by atoms with van der Waals surface area (Å²) >= 11 is 0. The number of hydrogen-bond acceptors (Lipinski definition) is 3. The molecule has 2 aliphatic carbocycles. The second-order valence-electron chi connectivity index (χ2n) is 5.13. The number of aliphatic hydroxyl groups is 1. The summed E-state index contributed by atoms with van der Waals surface area (Å²) in [5, 5.41) is 21.1. The minimum atomic E-state index is -0.899. The first-order valence-electron chi connectivity index (χ1n) is 6.40. The van der Waals surface area contributed by atoms with E-state index in [0.717, 1.165) is 6.42 Å². The van der Waals surface area contributed by atoms with Crippen molar-refractivity contribution < 1.29 is 19.8 Å². The molecule has 2 unspecified atom stereocenters. The van der Waals surface area contributed by atoms with Gasteiger partial charge in [-0.3, -0.25) is 9.59 Å². The zero-order chi connectivity index (χ0) is 13.3. The Labute approximate surface area is 106 Å². The van der Waals surface area contributed by atoms with Crippen LogP contribution < -0.4 is 5.32 Å². The number of aliphatic carboxylic acids is 1. The maximum absolute atomic E-state index is 12.2. The fraction of sp³-hybridized carbons (Fsp3) is 0.692. The van der Waals surface area contributed by atoms with Gasteiger partial charge in [-0.25, -0.2) is 0 Å². The van der Waals surface area contributed by atoms with Gasteiger partial charge in [0.05, 0.1) is 24.5 Å². The van der Waals surface area contributed by atoms with E-state index in [1.807, 2.05) is 19.1 Å². The van der Waals surface area contributed by atoms with E-state index in [1.165, 1.54) is 0 Å². The molecule has 1 fully saturated rings. The molecule has 2 rings (SSSR count). The highest BCUT2D eigenvalue weighted by atomic mass is 16.4. The van der Waals surface area contributed by atoms with Crippen LogP contribution in [0, 0.1) is 23.7 Å². The summed E-state index contributed by atoms with van der Waals surface area (Å²) in [5.41, 5.74) is 0. The van der Waals surface area contributed by atoms with Gasteiger partial charge >= 0.3 is 5.97 Å². The maximum Gasteiger partial charge on any atom is 0.307 e. The number of amides is 1. The lowest BCUT2D eigenvalue weighted by Gasteiger charge is -2.25. The smallest absolute Gasteiger partial charge is 0.307 e.